The summed E-state index contributed by atoms with van der Waals surface area (Å²) in [6, 6.07) is 17.9. The number of benzene rings is 2. The third-order valence-electron chi connectivity index (χ3n) is 3.01. The molecule has 0 saturated heterocycles. The molecule has 2 heteroatoms. The van der Waals surface area contributed by atoms with E-state index in [-0.39, 0.29) is 6.04 Å². The lowest BCUT2D eigenvalue weighted by Crippen LogP contribution is -2.12. The molecule has 2 aromatic rings. The molecular weight excluding hydrogens is 234 g/mol. The molecule has 0 radical (unpaired) electrons. The Balaban J connectivity index is 2.02. The SMILES string of the molecule is CC(C)CC(N)c1ccc(Oc2ccccc2)cc1. The maximum atomic E-state index is 6.16. The van der Waals surface area contributed by atoms with E-state index in [9.17, 15) is 0 Å². The van der Waals surface area contributed by atoms with Crippen molar-refractivity contribution in [2.45, 2.75) is 26.3 Å². The van der Waals surface area contributed by atoms with Crippen LogP contribution in [0.25, 0.3) is 0 Å². The Morgan fingerprint density at radius 1 is 0.895 bits per heavy atom. The molecule has 2 rings (SSSR count). The van der Waals surface area contributed by atoms with Gasteiger partial charge in [0.25, 0.3) is 0 Å². The fourth-order valence-corrected chi connectivity index (χ4v) is 2.05. The van der Waals surface area contributed by atoms with Crippen molar-refractivity contribution >= 4 is 0 Å². The van der Waals surface area contributed by atoms with Crippen LogP contribution in [0.1, 0.15) is 31.9 Å². The molecule has 1 unspecified atom stereocenters. The molecule has 19 heavy (non-hydrogen) atoms. The molecule has 0 fully saturated rings. The summed E-state index contributed by atoms with van der Waals surface area (Å²) < 4.78 is 5.75. The molecular formula is C17H21NO. The summed E-state index contributed by atoms with van der Waals surface area (Å²) in [5, 5.41) is 0. The van der Waals surface area contributed by atoms with Crippen molar-refractivity contribution in [1.29, 1.82) is 0 Å². The first-order valence-corrected chi connectivity index (χ1v) is 6.73. The quantitative estimate of drug-likeness (QED) is 0.852. The number of hydrogen-bond donors (Lipinski definition) is 1. The van der Waals surface area contributed by atoms with Gasteiger partial charge in [-0.05, 0) is 42.2 Å². The third kappa shape index (κ3) is 4.11. The van der Waals surface area contributed by atoms with Crippen LogP contribution in [0.15, 0.2) is 54.6 Å². The maximum Gasteiger partial charge on any atom is 0.127 e. The van der Waals surface area contributed by atoms with Crippen molar-refractivity contribution in [2.24, 2.45) is 11.7 Å². The van der Waals surface area contributed by atoms with Crippen LogP contribution in [0.3, 0.4) is 0 Å². The lowest BCUT2D eigenvalue weighted by molar-refractivity contribution is 0.480. The predicted octanol–water partition coefficient (Wildman–Crippen LogP) is 4.52. The lowest BCUT2D eigenvalue weighted by Gasteiger charge is -2.15. The number of rotatable bonds is 5. The topological polar surface area (TPSA) is 35.2 Å². The minimum atomic E-state index is 0.103. The van der Waals surface area contributed by atoms with Gasteiger partial charge in [0.2, 0.25) is 0 Å². The van der Waals surface area contributed by atoms with E-state index in [1.807, 2.05) is 54.6 Å². The number of nitrogens with two attached hydrogens (primary N) is 1. The summed E-state index contributed by atoms with van der Waals surface area (Å²) in [4.78, 5) is 0. The predicted molar refractivity (Wildman–Crippen MR) is 79.3 cm³/mol. The van der Waals surface area contributed by atoms with E-state index in [4.69, 9.17) is 10.5 Å². The van der Waals surface area contributed by atoms with Gasteiger partial charge in [0.1, 0.15) is 11.5 Å². The molecule has 0 saturated carbocycles. The van der Waals surface area contributed by atoms with Gasteiger partial charge in [-0.25, -0.2) is 0 Å². The van der Waals surface area contributed by atoms with Crippen LogP contribution < -0.4 is 10.5 Å². The van der Waals surface area contributed by atoms with E-state index in [0.717, 1.165) is 23.5 Å². The fraction of sp³-hybridized carbons (Fsp3) is 0.294. The molecule has 0 spiro atoms. The molecule has 2 N–H and O–H groups in total. The summed E-state index contributed by atoms with van der Waals surface area (Å²) in [7, 11) is 0. The largest absolute Gasteiger partial charge is 0.457 e. The third-order valence-corrected chi connectivity index (χ3v) is 3.01. The molecule has 0 bridgehead atoms. The van der Waals surface area contributed by atoms with Gasteiger partial charge in [-0.3, -0.25) is 0 Å². The summed E-state index contributed by atoms with van der Waals surface area (Å²) in [5.74, 6) is 2.30. The highest BCUT2D eigenvalue weighted by Crippen LogP contribution is 2.24. The summed E-state index contributed by atoms with van der Waals surface area (Å²) in [6.07, 6.45) is 0.999. The van der Waals surface area contributed by atoms with Gasteiger partial charge in [-0.15, -0.1) is 0 Å². The zero-order chi connectivity index (χ0) is 13.7. The zero-order valence-corrected chi connectivity index (χ0v) is 11.5. The van der Waals surface area contributed by atoms with E-state index in [1.165, 1.54) is 0 Å². The number of hydrogen-bond acceptors (Lipinski definition) is 2. The van der Waals surface area contributed by atoms with E-state index in [1.54, 1.807) is 0 Å². The molecule has 0 heterocycles. The average Bonchev–Trinajstić information content (AvgIpc) is 2.40. The Morgan fingerprint density at radius 3 is 2.05 bits per heavy atom. The zero-order valence-electron chi connectivity index (χ0n) is 11.5. The minimum Gasteiger partial charge on any atom is -0.457 e. The second-order valence-corrected chi connectivity index (χ2v) is 5.22. The van der Waals surface area contributed by atoms with Gasteiger partial charge in [0.05, 0.1) is 0 Å². The smallest absolute Gasteiger partial charge is 0.127 e. The Hall–Kier alpha value is -1.80. The minimum absolute atomic E-state index is 0.103. The van der Waals surface area contributed by atoms with Gasteiger partial charge in [-0.1, -0.05) is 44.2 Å². The van der Waals surface area contributed by atoms with Crippen LogP contribution in [0.4, 0.5) is 0 Å². The molecule has 100 valence electrons. The van der Waals surface area contributed by atoms with Crippen molar-refractivity contribution in [1.82, 2.24) is 0 Å². The van der Waals surface area contributed by atoms with Gasteiger partial charge in [-0.2, -0.15) is 0 Å². The Labute approximate surface area is 115 Å². The fourth-order valence-electron chi connectivity index (χ4n) is 2.05. The summed E-state index contributed by atoms with van der Waals surface area (Å²) in [5.41, 5.74) is 7.32. The summed E-state index contributed by atoms with van der Waals surface area (Å²) in [6.45, 7) is 4.37. The first-order valence-electron chi connectivity index (χ1n) is 6.73. The molecule has 0 aliphatic heterocycles. The second kappa shape index (κ2) is 6.39. The monoisotopic (exact) mass is 255 g/mol. The van der Waals surface area contributed by atoms with Crippen LogP contribution in [0, 0.1) is 5.92 Å². The van der Waals surface area contributed by atoms with Crippen LogP contribution in [-0.4, -0.2) is 0 Å². The van der Waals surface area contributed by atoms with Crippen molar-refractivity contribution < 1.29 is 4.74 Å². The first-order chi connectivity index (χ1) is 9.15. The average molecular weight is 255 g/mol. The van der Waals surface area contributed by atoms with E-state index in [0.29, 0.717) is 5.92 Å². The van der Waals surface area contributed by atoms with Crippen LogP contribution in [-0.2, 0) is 0 Å². The highest BCUT2D eigenvalue weighted by molar-refractivity contribution is 5.33. The van der Waals surface area contributed by atoms with Crippen LogP contribution >= 0.6 is 0 Å². The molecule has 0 aromatic heterocycles. The van der Waals surface area contributed by atoms with E-state index < -0.39 is 0 Å². The van der Waals surface area contributed by atoms with Crippen molar-refractivity contribution in [2.75, 3.05) is 0 Å². The Morgan fingerprint density at radius 2 is 1.47 bits per heavy atom. The highest BCUT2D eigenvalue weighted by Gasteiger charge is 2.08. The lowest BCUT2D eigenvalue weighted by atomic mass is 9.98. The van der Waals surface area contributed by atoms with Crippen molar-refractivity contribution in [3.63, 3.8) is 0 Å². The molecule has 2 aromatic carbocycles. The summed E-state index contributed by atoms with van der Waals surface area (Å²) >= 11 is 0. The Kier molecular flexibility index (Phi) is 4.58. The first kappa shape index (κ1) is 13.6. The van der Waals surface area contributed by atoms with Gasteiger partial charge in [0, 0.05) is 6.04 Å². The molecule has 0 aliphatic carbocycles. The van der Waals surface area contributed by atoms with Crippen molar-refractivity contribution in [3.05, 3.63) is 60.2 Å². The number of para-hydroxylation sites is 1. The van der Waals surface area contributed by atoms with Crippen LogP contribution in [0.2, 0.25) is 0 Å². The van der Waals surface area contributed by atoms with Gasteiger partial charge in [0.15, 0.2) is 0 Å². The van der Waals surface area contributed by atoms with Gasteiger partial charge < -0.3 is 10.5 Å². The standard InChI is InChI=1S/C17H21NO/c1-13(2)12-17(18)14-8-10-16(11-9-14)19-15-6-4-3-5-7-15/h3-11,13,17H,12,18H2,1-2H3. The highest BCUT2D eigenvalue weighted by atomic mass is 16.5. The van der Waals surface area contributed by atoms with Crippen molar-refractivity contribution in [3.8, 4) is 11.5 Å². The molecule has 0 amide bonds. The molecule has 0 aliphatic rings. The second-order valence-electron chi connectivity index (χ2n) is 5.22. The van der Waals surface area contributed by atoms with Crippen LogP contribution in [0.5, 0.6) is 11.5 Å². The maximum absolute atomic E-state index is 6.16. The number of ether oxygens (including phenoxy) is 1. The Bertz CT molecular complexity index is 490. The normalized spacial score (nSPS) is 12.4. The molecule has 2 nitrogen and oxygen atoms in total. The molecule has 1 atom stereocenters. The van der Waals surface area contributed by atoms with Gasteiger partial charge >= 0.3 is 0 Å². The van der Waals surface area contributed by atoms with E-state index >= 15 is 0 Å². The van der Waals surface area contributed by atoms with E-state index in [2.05, 4.69) is 13.8 Å².